The summed E-state index contributed by atoms with van der Waals surface area (Å²) in [5.41, 5.74) is 0.388. The van der Waals surface area contributed by atoms with Gasteiger partial charge in [-0.05, 0) is 61.9 Å². The van der Waals surface area contributed by atoms with Gasteiger partial charge in [0.25, 0.3) is 11.8 Å². The highest BCUT2D eigenvalue weighted by atomic mass is 35.5. The lowest BCUT2D eigenvalue weighted by Gasteiger charge is -2.26. The van der Waals surface area contributed by atoms with Crippen LogP contribution in [0.15, 0.2) is 42.0 Å². The summed E-state index contributed by atoms with van der Waals surface area (Å²) in [6.07, 6.45) is 1.31. The maximum atomic E-state index is 13.0. The van der Waals surface area contributed by atoms with Crippen molar-refractivity contribution in [1.82, 2.24) is 5.32 Å². The Labute approximate surface area is 183 Å². The molecule has 0 aromatic heterocycles. The van der Waals surface area contributed by atoms with E-state index in [-0.39, 0.29) is 16.3 Å². The number of anilines is 1. The summed E-state index contributed by atoms with van der Waals surface area (Å²) in [4.78, 5) is 38.5. The minimum Gasteiger partial charge on any atom is -0.490 e. The van der Waals surface area contributed by atoms with Gasteiger partial charge in [0, 0.05) is 5.02 Å². The van der Waals surface area contributed by atoms with E-state index in [1.54, 1.807) is 19.1 Å². The molecule has 1 heterocycles. The number of benzene rings is 2. The molecule has 1 saturated heterocycles. The van der Waals surface area contributed by atoms with E-state index in [9.17, 15) is 14.4 Å². The second kappa shape index (κ2) is 9.19. The number of hydrogen-bond donors (Lipinski definition) is 1. The van der Waals surface area contributed by atoms with Gasteiger partial charge in [-0.15, -0.1) is 0 Å². The van der Waals surface area contributed by atoms with Gasteiger partial charge in [0.1, 0.15) is 5.57 Å². The Kier molecular flexibility index (Phi) is 6.64. The van der Waals surface area contributed by atoms with Gasteiger partial charge in [0.05, 0.1) is 23.9 Å². The van der Waals surface area contributed by atoms with Crippen LogP contribution in [0, 0.1) is 0 Å². The summed E-state index contributed by atoms with van der Waals surface area (Å²) >= 11 is 12.3. The number of rotatable bonds is 6. The number of ether oxygens (including phenoxy) is 2. The van der Waals surface area contributed by atoms with Gasteiger partial charge in [-0.25, -0.2) is 9.69 Å². The lowest BCUT2D eigenvalue weighted by Crippen LogP contribution is -2.54. The molecule has 2 aromatic carbocycles. The minimum atomic E-state index is -0.850. The molecule has 0 aliphatic carbocycles. The van der Waals surface area contributed by atoms with Crippen molar-refractivity contribution in [3.8, 4) is 11.5 Å². The van der Waals surface area contributed by atoms with E-state index < -0.39 is 17.8 Å². The maximum Gasteiger partial charge on any atom is 0.335 e. The van der Waals surface area contributed by atoms with Gasteiger partial charge in [-0.1, -0.05) is 23.2 Å². The van der Waals surface area contributed by atoms with Crippen LogP contribution < -0.4 is 19.7 Å². The number of carbonyl (C=O) groups is 3. The lowest BCUT2D eigenvalue weighted by molar-refractivity contribution is -0.122. The first-order valence-electron chi connectivity index (χ1n) is 9.12. The Morgan fingerprint density at radius 1 is 0.967 bits per heavy atom. The predicted molar refractivity (Wildman–Crippen MR) is 114 cm³/mol. The standard InChI is InChI=1S/C21H18Cl2N2O5/c1-3-29-16-10-5-12(17(23)18(16)30-4-2)11-15-19(26)24-21(28)25(20(15)27)14-8-6-13(22)7-9-14/h5-11H,3-4H2,1-2H3,(H,24,26,28)/b15-11+. The Morgan fingerprint density at radius 3 is 2.27 bits per heavy atom. The van der Waals surface area contributed by atoms with E-state index in [4.69, 9.17) is 32.7 Å². The average molecular weight is 449 g/mol. The van der Waals surface area contributed by atoms with Crippen LogP contribution in [0.5, 0.6) is 11.5 Å². The first-order valence-corrected chi connectivity index (χ1v) is 9.88. The second-order valence-corrected chi connectivity index (χ2v) is 6.91. The van der Waals surface area contributed by atoms with Gasteiger partial charge >= 0.3 is 6.03 Å². The fraction of sp³-hybridized carbons (Fsp3) is 0.190. The van der Waals surface area contributed by atoms with E-state index in [2.05, 4.69) is 5.32 Å². The molecule has 0 bridgehead atoms. The second-order valence-electron chi connectivity index (χ2n) is 6.10. The van der Waals surface area contributed by atoms with E-state index in [1.165, 1.54) is 30.3 Å². The summed E-state index contributed by atoms with van der Waals surface area (Å²) < 4.78 is 11.1. The van der Waals surface area contributed by atoms with Crippen molar-refractivity contribution in [3.05, 3.63) is 57.6 Å². The van der Waals surface area contributed by atoms with Crippen LogP contribution in [0.1, 0.15) is 19.4 Å². The first-order chi connectivity index (χ1) is 14.4. The minimum absolute atomic E-state index is 0.186. The van der Waals surface area contributed by atoms with Crippen molar-refractivity contribution in [3.63, 3.8) is 0 Å². The number of amides is 4. The molecule has 7 nitrogen and oxygen atoms in total. The number of nitrogens with zero attached hydrogens (tertiary/aromatic N) is 1. The molecule has 0 spiro atoms. The molecule has 156 valence electrons. The summed E-state index contributed by atoms with van der Waals surface area (Å²) in [5, 5.41) is 2.79. The van der Waals surface area contributed by atoms with E-state index in [1.807, 2.05) is 6.92 Å². The van der Waals surface area contributed by atoms with Gasteiger partial charge in [-0.3, -0.25) is 14.9 Å². The molecule has 3 rings (SSSR count). The van der Waals surface area contributed by atoms with Gasteiger partial charge in [0.15, 0.2) is 11.5 Å². The molecule has 0 radical (unpaired) electrons. The van der Waals surface area contributed by atoms with Crippen molar-refractivity contribution in [1.29, 1.82) is 0 Å². The molecular formula is C21H18Cl2N2O5. The van der Waals surface area contributed by atoms with Crippen molar-refractivity contribution >= 4 is 52.8 Å². The Morgan fingerprint density at radius 2 is 1.63 bits per heavy atom. The van der Waals surface area contributed by atoms with Crippen molar-refractivity contribution in [2.24, 2.45) is 0 Å². The molecule has 1 N–H and O–H groups in total. The van der Waals surface area contributed by atoms with Crippen molar-refractivity contribution < 1.29 is 23.9 Å². The topological polar surface area (TPSA) is 84.9 Å². The molecule has 1 fully saturated rings. The maximum absolute atomic E-state index is 13.0. The molecule has 4 amide bonds. The third-order valence-corrected chi connectivity index (χ3v) is 4.81. The highest BCUT2D eigenvalue weighted by Gasteiger charge is 2.37. The van der Waals surface area contributed by atoms with Crippen molar-refractivity contribution in [2.45, 2.75) is 13.8 Å². The normalized spacial score (nSPS) is 15.4. The van der Waals surface area contributed by atoms with Crippen LogP contribution in [0.4, 0.5) is 10.5 Å². The highest BCUT2D eigenvalue weighted by Crippen LogP contribution is 2.39. The number of carbonyl (C=O) groups excluding carboxylic acids is 3. The summed E-state index contributed by atoms with van der Waals surface area (Å²) in [6, 6.07) is 8.47. The van der Waals surface area contributed by atoms with Crippen LogP contribution in [0.25, 0.3) is 6.08 Å². The fourth-order valence-electron chi connectivity index (χ4n) is 2.85. The smallest absolute Gasteiger partial charge is 0.335 e. The Balaban J connectivity index is 2.04. The zero-order valence-corrected chi connectivity index (χ0v) is 17.7. The molecule has 0 saturated carbocycles. The summed E-state index contributed by atoms with van der Waals surface area (Å²) in [7, 11) is 0. The van der Waals surface area contributed by atoms with E-state index >= 15 is 0 Å². The fourth-order valence-corrected chi connectivity index (χ4v) is 3.24. The number of halogens is 2. The van der Waals surface area contributed by atoms with Crippen LogP contribution in [0.3, 0.4) is 0 Å². The van der Waals surface area contributed by atoms with Crippen LogP contribution in [-0.4, -0.2) is 31.1 Å². The summed E-state index contributed by atoms with van der Waals surface area (Å²) in [6.45, 7) is 4.38. The van der Waals surface area contributed by atoms with Gasteiger partial charge in [-0.2, -0.15) is 0 Å². The van der Waals surface area contributed by atoms with Gasteiger partial charge < -0.3 is 9.47 Å². The van der Waals surface area contributed by atoms with Crippen LogP contribution >= 0.6 is 23.2 Å². The monoisotopic (exact) mass is 448 g/mol. The van der Waals surface area contributed by atoms with Gasteiger partial charge in [0.2, 0.25) is 0 Å². The van der Waals surface area contributed by atoms with Crippen LogP contribution in [0.2, 0.25) is 10.0 Å². The van der Waals surface area contributed by atoms with E-state index in [0.717, 1.165) is 4.90 Å². The third kappa shape index (κ3) is 4.27. The van der Waals surface area contributed by atoms with E-state index in [0.29, 0.717) is 35.3 Å². The lowest BCUT2D eigenvalue weighted by atomic mass is 10.1. The Hall–Kier alpha value is -3.03. The largest absolute Gasteiger partial charge is 0.490 e. The summed E-state index contributed by atoms with van der Waals surface area (Å²) in [5.74, 6) is -0.847. The Bertz CT molecular complexity index is 1030. The molecule has 0 atom stereocenters. The SMILES string of the molecule is CCOc1ccc(/C=C2\C(=O)NC(=O)N(c3ccc(Cl)cc3)C2=O)c(Cl)c1OCC. The van der Waals surface area contributed by atoms with Crippen LogP contribution in [-0.2, 0) is 9.59 Å². The molecular weight excluding hydrogens is 431 g/mol. The quantitative estimate of drug-likeness (QED) is 0.520. The number of urea groups is 1. The molecule has 0 unspecified atom stereocenters. The number of barbiturate groups is 1. The zero-order valence-electron chi connectivity index (χ0n) is 16.2. The molecule has 2 aromatic rings. The molecule has 1 aliphatic rings. The zero-order chi connectivity index (χ0) is 21.8. The number of nitrogens with one attached hydrogen (secondary N) is 1. The third-order valence-electron chi connectivity index (χ3n) is 4.17. The molecule has 9 heteroatoms. The average Bonchev–Trinajstić information content (AvgIpc) is 2.71. The molecule has 30 heavy (non-hydrogen) atoms. The predicted octanol–water partition coefficient (Wildman–Crippen LogP) is 4.46. The number of hydrogen-bond acceptors (Lipinski definition) is 5. The highest BCUT2D eigenvalue weighted by molar-refractivity contribution is 6.40. The first kappa shape index (κ1) is 21.7. The van der Waals surface area contributed by atoms with Crippen molar-refractivity contribution in [2.75, 3.05) is 18.1 Å². The molecule has 1 aliphatic heterocycles. The number of imide groups is 2.